The van der Waals surface area contributed by atoms with Gasteiger partial charge in [0, 0.05) is 17.8 Å². The van der Waals surface area contributed by atoms with Gasteiger partial charge in [-0.1, -0.05) is 16.8 Å². The van der Waals surface area contributed by atoms with Gasteiger partial charge in [-0.15, -0.1) is 0 Å². The van der Waals surface area contributed by atoms with E-state index in [1.807, 2.05) is 0 Å². The number of nitrogens with zero attached hydrogens (tertiary/aromatic N) is 2. The minimum Gasteiger partial charge on any atom is -0.346 e. The lowest BCUT2D eigenvalue weighted by Crippen LogP contribution is -1.95. The first-order valence-corrected chi connectivity index (χ1v) is 4.81. The van der Waals surface area contributed by atoms with Crippen LogP contribution in [-0.2, 0) is 0 Å². The van der Waals surface area contributed by atoms with Gasteiger partial charge in [0.25, 0.3) is 0 Å². The summed E-state index contributed by atoms with van der Waals surface area (Å²) in [4.78, 5) is 20.3. The van der Waals surface area contributed by atoms with Gasteiger partial charge in [0.05, 0.1) is 10.6 Å². The Bertz CT molecular complexity index is 711. The maximum atomic E-state index is 10.8. The van der Waals surface area contributed by atoms with E-state index in [9.17, 15) is 4.79 Å². The van der Waals surface area contributed by atoms with E-state index in [1.54, 1.807) is 12.3 Å². The average Bonchev–Trinajstić information content (AvgIpc) is 2.87. The fourth-order valence-corrected chi connectivity index (χ4v) is 1.78. The molecular formula is C9H5ClN4O2. The first-order chi connectivity index (χ1) is 7.75. The molecule has 3 rings (SSSR count). The predicted molar refractivity (Wildman–Crippen MR) is 57.2 cm³/mol. The van der Waals surface area contributed by atoms with Crippen LogP contribution in [0.1, 0.15) is 0 Å². The zero-order valence-corrected chi connectivity index (χ0v) is 8.58. The summed E-state index contributed by atoms with van der Waals surface area (Å²) in [6.07, 6.45) is 3.26. The molecule has 16 heavy (non-hydrogen) atoms. The molecule has 3 aromatic heterocycles. The molecule has 3 heterocycles. The van der Waals surface area contributed by atoms with Crippen LogP contribution < -0.4 is 5.76 Å². The summed E-state index contributed by atoms with van der Waals surface area (Å²) in [5.74, 6) is -0.356. The summed E-state index contributed by atoms with van der Waals surface area (Å²) < 4.78 is 4.41. The third-order valence-electron chi connectivity index (χ3n) is 2.22. The summed E-state index contributed by atoms with van der Waals surface area (Å²) in [5.41, 5.74) is 1.21. The van der Waals surface area contributed by atoms with Gasteiger partial charge < -0.3 is 4.98 Å². The number of rotatable bonds is 1. The molecule has 0 saturated heterocycles. The van der Waals surface area contributed by atoms with Crippen molar-refractivity contribution in [3.63, 3.8) is 0 Å². The second-order valence-electron chi connectivity index (χ2n) is 3.17. The van der Waals surface area contributed by atoms with Crippen LogP contribution in [0.3, 0.4) is 0 Å². The SMILES string of the molecule is O=c1[nH]c(-c2cnc3[nH]ccc3c2Cl)no1. The van der Waals surface area contributed by atoms with Crippen molar-refractivity contribution in [2.75, 3.05) is 0 Å². The summed E-state index contributed by atoms with van der Waals surface area (Å²) in [7, 11) is 0. The molecule has 0 aliphatic heterocycles. The first kappa shape index (κ1) is 9.17. The van der Waals surface area contributed by atoms with Crippen LogP contribution in [0.25, 0.3) is 22.4 Å². The summed E-state index contributed by atoms with van der Waals surface area (Å²) in [5, 5.41) is 4.80. The van der Waals surface area contributed by atoms with Gasteiger partial charge in [0.15, 0.2) is 5.82 Å². The molecule has 0 aliphatic carbocycles. The minimum absolute atomic E-state index is 0.269. The number of hydrogen-bond acceptors (Lipinski definition) is 4. The zero-order valence-electron chi connectivity index (χ0n) is 7.82. The fourth-order valence-electron chi connectivity index (χ4n) is 1.49. The molecule has 0 atom stereocenters. The Labute approximate surface area is 93.2 Å². The lowest BCUT2D eigenvalue weighted by atomic mass is 10.2. The quantitative estimate of drug-likeness (QED) is 0.671. The molecule has 0 spiro atoms. The summed E-state index contributed by atoms with van der Waals surface area (Å²) in [6.45, 7) is 0. The Morgan fingerprint density at radius 3 is 3.06 bits per heavy atom. The number of halogens is 1. The Morgan fingerprint density at radius 2 is 2.31 bits per heavy atom. The molecule has 0 fully saturated rings. The van der Waals surface area contributed by atoms with Gasteiger partial charge in [0.2, 0.25) is 0 Å². The monoisotopic (exact) mass is 236 g/mol. The number of aromatic amines is 2. The topological polar surface area (TPSA) is 87.6 Å². The molecule has 6 nitrogen and oxygen atoms in total. The molecule has 2 N–H and O–H groups in total. The average molecular weight is 237 g/mol. The van der Waals surface area contributed by atoms with Gasteiger partial charge in [-0.25, -0.2) is 9.78 Å². The second-order valence-corrected chi connectivity index (χ2v) is 3.55. The van der Waals surface area contributed by atoms with E-state index in [0.717, 1.165) is 5.39 Å². The molecule has 0 bridgehead atoms. The molecule has 0 aromatic carbocycles. The summed E-state index contributed by atoms with van der Waals surface area (Å²) >= 11 is 6.16. The predicted octanol–water partition coefficient (Wildman–Crippen LogP) is 1.56. The zero-order chi connectivity index (χ0) is 11.1. The van der Waals surface area contributed by atoms with Crippen molar-refractivity contribution in [2.45, 2.75) is 0 Å². The van der Waals surface area contributed by atoms with Gasteiger partial charge in [-0.3, -0.25) is 9.51 Å². The van der Waals surface area contributed by atoms with Gasteiger partial charge in [-0.05, 0) is 6.07 Å². The number of fused-ring (bicyclic) bond motifs is 1. The van der Waals surface area contributed by atoms with Crippen LogP contribution in [0.4, 0.5) is 0 Å². The minimum atomic E-state index is -0.625. The highest BCUT2D eigenvalue weighted by molar-refractivity contribution is 6.37. The normalized spacial score (nSPS) is 11.1. The van der Waals surface area contributed by atoms with Crippen LogP contribution in [0.2, 0.25) is 5.02 Å². The largest absolute Gasteiger partial charge is 0.439 e. The van der Waals surface area contributed by atoms with Crippen LogP contribution >= 0.6 is 11.6 Å². The van der Waals surface area contributed by atoms with Crippen molar-refractivity contribution < 1.29 is 4.52 Å². The van der Waals surface area contributed by atoms with Gasteiger partial charge in [-0.2, -0.15) is 0 Å². The highest BCUT2D eigenvalue weighted by atomic mass is 35.5. The van der Waals surface area contributed by atoms with Crippen LogP contribution in [-0.4, -0.2) is 20.1 Å². The molecule has 0 amide bonds. The highest BCUT2D eigenvalue weighted by Crippen LogP contribution is 2.30. The molecule has 3 aromatic rings. The van der Waals surface area contributed by atoms with E-state index in [4.69, 9.17) is 11.6 Å². The molecule has 0 unspecified atom stereocenters. The van der Waals surface area contributed by atoms with Crippen molar-refractivity contribution in [1.82, 2.24) is 20.1 Å². The second kappa shape index (κ2) is 3.21. The van der Waals surface area contributed by atoms with Crippen LogP contribution in [0.15, 0.2) is 27.8 Å². The third kappa shape index (κ3) is 1.24. The number of hydrogen-bond donors (Lipinski definition) is 2. The summed E-state index contributed by atoms with van der Waals surface area (Å²) in [6, 6.07) is 1.80. The van der Waals surface area contributed by atoms with Crippen LogP contribution in [0.5, 0.6) is 0 Å². The number of aromatic nitrogens is 4. The Morgan fingerprint density at radius 1 is 1.44 bits per heavy atom. The maximum absolute atomic E-state index is 10.8. The van der Waals surface area contributed by atoms with Crippen molar-refractivity contribution >= 4 is 22.6 Å². The Balaban J connectivity index is 2.31. The number of nitrogens with one attached hydrogen (secondary N) is 2. The highest BCUT2D eigenvalue weighted by Gasteiger charge is 2.12. The third-order valence-corrected chi connectivity index (χ3v) is 2.62. The molecule has 7 heteroatoms. The van der Waals surface area contributed by atoms with Crippen molar-refractivity contribution in [2.24, 2.45) is 0 Å². The Hall–Kier alpha value is -2.08. The van der Waals surface area contributed by atoms with E-state index in [0.29, 0.717) is 16.2 Å². The van der Waals surface area contributed by atoms with E-state index >= 15 is 0 Å². The first-order valence-electron chi connectivity index (χ1n) is 4.43. The smallest absolute Gasteiger partial charge is 0.346 e. The van der Waals surface area contributed by atoms with Crippen molar-refractivity contribution in [3.8, 4) is 11.4 Å². The molecule has 0 saturated carbocycles. The maximum Gasteiger partial charge on any atom is 0.439 e. The van der Waals surface area contributed by atoms with E-state index in [-0.39, 0.29) is 5.82 Å². The lowest BCUT2D eigenvalue weighted by Gasteiger charge is -1.99. The fraction of sp³-hybridized carbons (Fsp3) is 0. The molecule has 0 radical (unpaired) electrons. The van der Waals surface area contributed by atoms with E-state index < -0.39 is 5.76 Å². The number of pyridine rings is 1. The molecular weight excluding hydrogens is 232 g/mol. The van der Waals surface area contributed by atoms with E-state index in [2.05, 4.69) is 24.6 Å². The van der Waals surface area contributed by atoms with Crippen molar-refractivity contribution in [3.05, 3.63) is 34.0 Å². The molecule has 0 aliphatic rings. The standard InChI is InChI=1S/C9H5ClN4O2/c10-6-4-1-2-11-7(4)12-3-5(6)8-13-9(15)16-14-8/h1-3H,(H,11,12)(H,13,14,15). The van der Waals surface area contributed by atoms with Crippen molar-refractivity contribution in [1.29, 1.82) is 0 Å². The number of H-pyrrole nitrogens is 2. The lowest BCUT2D eigenvalue weighted by molar-refractivity contribution is 0.388. The van der Waals surface area contributed by atoms with Gasteiger partial charge >= 0.3 is 5.76 Å². The van der Waals surface area contributed by atoms with E-state index in [1.165, 1.54) is 6.20 Å². The molecule has 80 valence electrons. The van der Waals surface area contributed by atoms with Gasteiger partial charge in [0.1, 0.15) is 5.65 Å². The van der Waals surface area contributed by atoms with Crippen LogP contribution in [0, 0.1) is 0 Å². The Kier molecular flexibility index (Phi) is 1.84.